The molecule has 5 rings (SSSR count). The monoisotopic (exact) mass is 499 g/mol. The smallest absolute Gasteiger partial charge is 0.231 e. The molecule has 1 N–H and O–H groups in total. The quantitative estimate of drug-likeness (QED) is 0.574. The van der Waals surface area contributed by atoms with Crippen molar-refractivity contribution in [2.75, 3.05) is 36.2 Å². The molecule has 3 heterocycles. The van der Waals surface area contributed by atoms with E-state index in [2.05, 4.69) is 10.3 Å². The standard InChI is InChI=1S/C23H21N3O6S2/c1-34(29,30)17-5-2-14(3-6-17)18-13-33-23(24-18)25-22(28)15-10-21(27)26(12-15)16-4-7-19-20(11-16)32-9-8-31-19/h2-7,11,13,15H,8-10,12H2,1H3,(H,24,25,28)/t15-/m0/s1. The predicted molar refractivity (Wildman–Crippen MR) is 127 cm³/mol. The van der Waals surface area contributed by atoms with Crippen molar-refractivity contribution in [1.29, 1.82) is 0 Å². The van der Waals surface area contributed by atoms with Gasteiger partial charge in [0.25, 0.3) is 0 Å². The Hall–Kier alpha value is -3.44. The normalized spacial score (nSPS) is 17.6. The predicted octanol–water partition coefficient (Wildman–Crippen LogP) is 2.98. The summed E-state index contributed by atoms with van der Waals surface area (Å²) in [4.78, 5) is 31.7. The molecule has 3 aromatic rings. The second kappa shape index (κ2) is 8.73. The van der Waals surface area contributed by atoms with Crippen molar-refractivity contribution in [2.45, 2.75) is 11.3 Å². The molecular formula is C23H21N3O6S2. The van der Waals surface area contributed by atoms with Crippen LogP contribution in [0.1, 0.15) is 6.42 Å². The maximum absolute atomic E-state index is 12.8. The first-order valence-electron chi connectivity index (χ1n) is 10.5. The van der Waals surface area contributed by atoms with Crippen LogP contribution in [0.2, 0.25) is 0 Å². The fourth-order valence-electron chi connectivity index (χ4n) is 3.88. The van der Waals surface area contributed by atoms with E-state index in [4.69, 9.17) is 9.47 Å². The van der Waals surface area contributed by atoms with Crippen molar-refractivity contribution in [3.05, 3.63) is 47.8 Å². The van der Waals surface area contributed by atoms with Gasteiger partial charge in [-0.15, -0.1) is 11.3 Å². The Balaban J connectivity index is 1.25. The Labute approximate surface area is 200 Å². The Morgan fingerprint density at radius 3 is 2.59 bits per heavy atom. The number of fused-ring (bicyclic) bond motifs is 1. The number of thiazole rings is 1. The molecule has 0 saturated carbocycles. The molecule has 0 bridgehead atoms. The minimum Gasteiger partial charge on any atom is -0.486 e. The summed E-state index contributed by atoms with van der Waals surface area (Å²) in [5, 5.41) is 5.00. The highest BCUT2D eigenvalue weighted by atomic mass is 32.2. The van der Waals surface area contributed by atoms with Gasteiger partial charge in [0, 0.05) is 41.9 Å². The fourth-order valence-corrected chi connectivity index (χ4v) is 5.23. The van der Waals surface area contributed by atoms with Gasteiger partial charge in [0.2, 0.25) is 11.8 Å². The van der Waals surface area contributed by atoms with Crippen molar-refractivity contribution in [3.63, 3.8) is 0 Å². The molecule has 1 fully saturated rings. The van der Waals surface area contributed by atoms with E-state index in [1.165, 1.54) is 23.5 Å². The van der Waals surface area contributed by atoms with Gasteiger partial charge in [-0.1, -0.05) is 12.1 Å². The second-order valence-electron chi connectivity index (χ2n) is 8.06. The number of nitrogens with zero attached hydrogens (tertiary/aromatic N) is 2. The molecule has 0 spiro atoms. The SMILES string of the molecule is CS(=O)(=O)c1ccc(-c2csc(NC(=O)[C@H]3CC(=O)N(c4ccc5c(c4)OCCO5)C3)n2)cc1. The third-order valence-electron chi connectivity index (χ3n) is 5.65. The van der Waals surface area contributed by atoms with Crippen LogP contribution < -0.4 is 19.7 Å². The van der Waals surface area contributed by atoms with Crippen LogP contribution in [0.25, 0.3) is 11.3 Å². The lowest BCUT2D eigenvalue weighted by atomic mass is 10.1. The summed E-state index contributed by atoms with van der Waals surface area (Å²) in [6.45, 7) is 1.20. The van der Waals surface area contributed by atoms with Crippen LogP contribution in [0.15, 0.2) is 52.7 Å². The van der Waals surface area contributed by atoms with Gasteiger partial charge >= 0.3 is 0 Å². The van der Waals surface area contributed by atoms with E-state index >= 15 is 0 Å². The summed E-state index contributed by atoms with van der Waals surface area (Å²) in [5.41, 5.74) is 2.03. The van der Waals surface area contributed by atoms with E-state index in [0.29, 0.717) is 41.2 Å². The van der Waals surface area contributed by atoms with Crippen LogP contribution >= 0.6 is 11.3 Å². The summed E-state index contributed by atoms with van der Waals surface area (Å²) in [6.07, 6.45) is 1.26. The Kier molecular flexibility index (Phi) is 5.74. The van der Waals surface area contributed by atoms with E-state index in [1.54, 1.807) is 40.6 Å². The number of sulfone groups is 1. The number of aromatic nitrogens is 1. The molecule has 2 aromatic carbocycles. The number of anilines is 2. The summed E-state index contributed by atoms with van der Waals surface area (Å²) in [5.74, 6) is 0.303. The first-order chi connectivity index (χ1) is 16.3. The topological polar surface area (TPSA) is 115 Å². The van der Waals surface area contributed by atoms with Crippen molar-refractivity contribution < 1.29 is 27.5 Å². The van der Waals surface area contributed by atoms with Gasteiger partial charge in [0.15, 0.2) is 26.5 Å². The molecule has 1 atom stereocenters. The number of carbonyl (C=O) groups excluding carboxylic acids is 2. The molecule has 0 aliphatic carbocycles. The Bertz CT molecular complexity index is 1370. The number of hydrogen-bond donors (Lipinski definition) is 1. The first kappa shape index (κ1) is 22.4. The summed E-state index contributed by atoms with van der Waals surface area (Å²) in [6, 6.07) is 11.7. The zero-order valence-electron chi connectivity index (χ0n) is 18.2. The summed E-state index contributed by atoms with van der Waals surface area (Å²) >= 11 is 1.26. The molecule has 34 heavy (non-hydrogen) atoms. The average molecular weight is 500 g/mol. The number of amides is 2. The van der Waals surface area contributed by atoms with Gasteiger partial charge in [-0.05, 0) is 24.3 Å². The van der Waals surface area contributed by atoms with Crippen LogP contribution in [0, 0.1) is 5.92 Å². The van der Waals surface area contributed by atoms with Crippen LogP contribution in [-0.2, 0) is 19.4 Å². The summed E-state index contributed by atoms with van der Waals surface area (Å²) < 4.78 is 34.4. The highest BCUT2D eigenvalue weighted by Gasteiger charge is 2.36. The lowest BCUT2D eigenvalue weighted by Gasteiger charge is -2.22. The summed E-state index contributed by atoms with van der Waals surface area (Å²) in [7, 11) is -3.28. The van der Waals surface area contributed by atoms with E-state index in [-0.39, 0.29) is 29.7 Å². The zero-order valence-corrected chi connectivity index (χ0v) is 19.8. The van der Waals surface area contributed by atoms with Crippen molar-refractivity contribution >= 4 is 43.8 Å². The molecule has 0 unspecified atom stereocenters. The molecule has 2 amide bonds. The lowest BCUT2D eigenvalue weighted by molar-refractivity contribution is -0.122. The molecule has 11 heteroatoms. The Morgan fingerprint density at radius 2 is 1.85 bits per heavy atom. The molecular weight excluding hydrogens is 478 g/mol. The third kappa shape index (κ3) is 4.48. The zero-order chi connectivity index (χ0) is 23.9. The van der Waals surface area contributed by atoms with Crippen LogP contribution in [0.3, 0.4) is 0 Å². The molecule has 1 saturated heterocycles. The average Bonchev–Trinajstić information content (AvgIpc) is 3.45. The fraction of sp³-hybridized carbons (Fsp3) is 0.261. The number of hydrogen-bond acceptors (Lipinski definition) is 8. The number of ether oxygens (including phenoxy) is 2. The van der Waals surface area contributed by atoms with Crippen LogP contribution in [0.4, 0.5) is 10.8 Å². The van der Waals surface area contributed by atoms with Gasteiger partial charge < -0.3 is 19.7 Å². The van der Waals surface area contributed by atoms with Gasteiger partial charge in [0.1, 0.15) is 13.2 Å². The highest BCUT2D eigenvalue weighted by molar-refractivity contribution is 7.90. The second-order valence-corrected chi connectivity index (χ2v) is 10.9. The van der Waals surface area contributed by atoms with Gasteiger partial charge in [-0.3, -0.25) is 9.59 Å². The van der Waals surface area contributed by atoms with Gasteiger partial charge in [-0.25, -0.2) is 13.4 Å². The third-order valence-corrected chi connectivity index (χ3v) is 7.53. The molecule has 2 aliphatic rings. The van der Waals surface area contributed by atoms with Crippen molar-refractivity contribution in [2.24, 2.45) is 5.92 Å². The van der Waals surface area contributed by atoms with Crippen molar-refractivity contribution in [1.82, 2.24) is 4.98 Å². The van der Waals surface area contributed by atoms with E-state index in [1.807, 2.05) is 0 Å². The van der Waals surface area contributed by atoms with E-state index in [0.717, 1.165) is 11.8 Å². The van der Waals surface area contributed by atoms with Crippen LogP contribution in [-0.4, -0.2) is 51.2 Å². The first-order valence-corrected chi connectivity index (χ1v) is 13.3. The van der Waals surface area contributed by atoms with Gasteiger partial charge in [0.05, 0.1) is 16.5 Å². The molecule has 0 radical (unpaired) electrons. The largest absolute Gasteiger partial charge is 0.486 e. The lowest BCUT2D eigenvalue weighted by Crippen LogP contribution is -2.28. The number of benzene rings is 2. The van der Waals surface area contributed by atoms with E-state index < -0.39 is 15.8 Å². The van der Waals surface area contributed by atoms with Crippen molar-refractivity contribution in [3.8, 4) is 22.8 Å². The number of carbonyl (C=O) groups is 2. The number of nitrogens with one attached hydrogen (secondary N) is 1. The minimum absolute atomic E-state index is 0.103. The maximum Gasteiger partial charge on any atom is 0.231 e. The van der Waals surface area contributed by atoms with Crippen LogP contribution in [0.5, 0.6) is 11.5 Å². The van der Waals surface area contributed by atoms with E-state index in [9.17, 15) is 18.0 Å². The number of rotatable bonds is 5. The molecule has 9 nitrogen and oxygen atoms in total. The van der Waals surface area contributed by atoms with Gasteiger partial charge in [-0.2, -0.15) is 0 Å². The maximum atomic E-state index is 12.8. The molecule has 1 aromatic heterocycles. The molecule has 2 aliphatic heterocycles. The Morgan fingerprint density at radius 1 is 1.12 bits per heavy atom. The highest BCUT2D eigenvalue weighted by Crippen LogP contribution is 2.36. The minimum atomic E-state index is -3.28. The molecule has 176 valence electrons.